The average Bonchev–Trinajstić information content (AvgIpc) is 3.40. The summed E-state index contributed by atoms with van der Waals surface area (Å²) in [5, 5.41) is 9.33. The van der Waals surface area contributed by atoms with Crippen molar-refractivity contribution in [3.63, 3.8) is 0 Å². The van der Waals surface area contributed by atoms with Crippen LogP contribution in [0.4, 0.5) is 0 Å². The first-order valence-electron chi connectivity index (χ1n) is 8.64. The molecule has 0 amide bonds. The maximum Gasteiger partial charge on any atom is 0.214 e. The Morgan fingerprint density at radius 1 is 0.852 bits per heavy atom. The average molecular weight is 356 g/mol. The predicted octanol–water partition coefficient (Wildman–Crippen LogP) is 4.95. The number of para-hydroxylation sites is 2. The zero-order valence-corrected chi connectivity index (χ0v) is 14.9. The van der Waals surface area contributed by atoms with Crippen LogP contribution in [0.1, 0.15) is 11.5 Å². The monoisotopic (exact) mass is 356 g/mol. The van der Waals surface area contributed by atoms with Crippen molar-refractivity contribution < 1.29 is 9.05 Å². The molecule has 27 heavy (non-hydrogen) atoms. The van der Waals surface area contributed by atoms with Crippen molar-refractivity contribution in [1.29, 1.82) is 0 Å². The zero-order valence-electron chi connectivity index (χ0n) is 14.9. The lowest BCUT2D eigenvalue weighted by atomic mass is 10.0. The zero-order chi connectivity index (χ0) is 18.4. The van der Waals surface area contributed by atoms with Crippen LogP contribution in [0.5, 0.6) is 0 Å². The number of rotatable bonds is 3. The predicted molar refractivity (Wildman–Crippen MR) is 102 cm³/mol. The van der Waals surface area contributed by atoms with Gasteiger partial charge in [0.2, 0.25) is 12.2 Å². The van der Waals surface area contributed by atoms with E-state index in [1.807, 2.05) is 44.2 Å². The van der Waals surface area contributed by atoms with Crippen LogP contribution in [0, 0.1) is 13.8 Å². The van der Waals surface area contributed by atoms with Crippen molar-refractivity contribution in [1.82, 2.24) is 19.9 Å². The van der Waals surface area contributed by atoms with Gasteiger partial charge < -0.3 is 13.6 Å². The second-order valence-electron chi connectivity index (χ2n) is 6.37. The van der Waals surface area contributed by atoms with E-state index in [1.165, 1.54) is 6.39 Å². The van der Waals surface area contributed by atoms with E-state index in [-0.39, 0.29) is 0 Å². The first kappa shape index (κ1) is 15.6. The lowest BCUT2D eigenvalue weighted by Crippen LogP contribution is -1.99. The number of nitrogens with zero attached hydrogens (tertiary/aromatic N) is 4. The van der Waals surface area contributed by atoms with E-state index >= 15 is 0 Å². The van der Waals surface area contributed by atoms with E-state index < -0.39 is 0 Å². The Morgan fingerprint density at radius 2 is 1.63 bits per heavy atom. The van der Waals surface area contributed by atoms with Gasteiger partial charge in [-0.05, 0) is 32.0 Å². The summed E-state index contributed by atoms with van der Waals surface area (Å²) in [5.41, 5.74) is 5.70. The summed E-state index contributed by atoms with van der Waals surface area (Å²) in [5.74, 6) is 1.29. The highest BCUT2D eigenvalue weighted by Gasteiger charge is 2.27. The van der Waals surface area contributed by atoms with Gasteiger partial charge in [0.1, 0.15) is 5.76 Å². The van der Waals surface area contributed by atoms with Gasteiger partial charge in [0, 0.05) is 11.1 Å². The van der Waals surface area contributed by atoms with Crippen LogP contribution in [-0.4, -0.2) is 19.9 Å². The summed E-state index contributed by atoms with van der Waals surface area (Å²) in [6.45, 7) is 3.86. The fraction of sp³-hybridized carbons (Fsp3) is 0.0952. The summed E-state index contributed by atoms with van der Waals surface area (Å²) in [6, 6.07) is 18.4. The SMILES string of the molecule is Cc1noc(C)c1-c1c(-c2ncon2)c2ccccc2n1-c1ccccc1. The smallest absolute Gasteiger partial charge is 0.214 e. The summed E-state index contributed by atoms with van der Waals surface area (Å²) in [4.78, 5) is 4.33. The number of hydrogen-bond acceptors (Lipinski definition) is 5. The molecule has 0 spiro atoms. The molecular weight excluding hydrogens is 340 g/mol. The molecule has 0 bridgehead atoms. The highest BCUT2D eigenvalue weighted by molar-refractivity contribution is 6.04. The molecule has 2 aromatic carbocycles. The quantitative estimate of drug-likeness (QED) is 0.457. The largest absolute Gasteiger partial charge is 0.361 e. The molecule has 3 heterocycles. The molecule has 5 aromatic rings. The van der Waals surface area contributed by atoms with Crippen molar-refractivity contribution in [3.05, 3.63) is 72.4 Å². The van der Waals surface area contributed by atoms with Crippen LogP contribution in [0.2, 0.25) is 0 Å². The van der Waals surface area contributed by atoms with Gasteiger partial charge >= 0.3 is 0 Å². The fourth-order valence-corrected chi connectivity index (χ4v) is 3.65. The summed E-state index contributed by atoms with van der Waals surface area (Å²) < 4.78 is 12.7. The van der Waals surface area contributed by atoms with Gasteiger partial charge in [-0.15, -0.1) is 0 Å². The van der Waals surface area contributed by atoms with Gasteiger partial charge in [-0.1, -0.05) is 46.7 Å². The van der Waals surface area contributed by atoms with Gasteiger partial charge in [-0.3, -0.25) is 0 Å². The minimum absolute atomic E-state index is 0.538. The second-order valence-corrected chi connectivity index (χ2v) is 6.37. The molecule has 0 aliphatic carbocycles. The molecule has 132 valence electrons. The molecule has 0 N–H and O–H groups in total. The van der Waals surface area contributed by atoms with Crippen LogP contribution in [0.15, 0.2) is 70.0 Å². The number of aryl methyl sites for hydroxylation is 2. The lowest BCUT2D eigenvalue weighted by molar-refractivity contribution is 0.393. The Bertz CT molecular complexity index is 1210. The first-order chi connectivity index (χ1) is 13.3. The van der Waals surface area contributed by atoms with Gasteiger partial charge in [0.05, 0.1) is 28.0 Å². The van der Waals surface area contributed by atoms with Crippen molar-refractivity contribution in [2.45, 2.75) is 13.8 Å². The minimum Gasteiger partial charge on any atom is -0.361 e. The van der Waals surface area contributed by atoms with Crippen molar-refractivity contribution in [3.8, 4) is 28.3 Å². The Labute approximate surface area is 155 Å². The molecule has 3 aromatic heterocycles. The molecular formula is C21H16N4O2. The maximum atomic E-state index is 5.48. The molecule has 0 aliphatic heterocycles. The van der Waals surface area contributed by atoms with E-state index in [9.17, 15) is 0 Å². The summed E-state index contributed by atoms with van der Waals surface area (Å²) in [7, 11) is 0. The molecule has 6 nitrogen and oxygen atoms in total. The van der Waals surface area contributed by atoms with E-state index in [0.717, 1.165) is 44.9 Å². The highest BCUT2D eigenvalue weighted by Crippen LogP contribution is 2.43. The van der Waals surface area contributed by atoms with Gasteiger partial charge in [0.15, 0.2) is 0 Å². The van der Waals surface area contributed by atoms with Crippen LogP contribution in [-0.2, 0) is 0 Å². The van der Waals surface area contributed by atoms with E-state index in [2.05, 4.69) is 44.1 Å². The third-order valence-corrected chi connectivity index (χ3v) is 4.74. The highest BCUT2D eigenvalue weighted by atomic mass is 16.5. The Morgan fingerprint density at radius 3 is 2.33 bits per heavy atom. The van der Waals surface area contributed by atoms with Crippen molar-refractivity contribution in [2.75, 3.05) is 0 Å². The number of aromatic nitrogens is 4. The Balaban J connectivity index is 2.01. The maximum absolute atomic E-state index is 5.48. The van der Waals surface area contributed by atoms with Gasteiger partial charge in [-0.2, -0.15) is 4.98 Å². The van der Waals surface area contributed by atoms with E-state index in [0.29, 0.717) is 5.82 Å². The third-order valence-electron chi connectivity index (χ3n) is 4.74. The number of fused-ring (bicyclic) bond motifs is 1. The molecule has 5 rings (SSSR count). The van der Waals surface area contributed by atoms with Crippen LogP contribution in [0.25, 0.3) is 39.2 Å². The fourth-order valence-electron chi connectivity index (χ4n) is 3.65. The summed E-state index contributed by atoms with van der Waals surface area (Å²) >= 11 is 0. The second kappa shape index (κ2) is 5.95. The Kier molecular flexibility index (Phi) is 3.43. The minimum atomic E-state index is 0.538. The van der Waals surface area contributed by atoms with E-state index in [4.69, 9.17) is 9.05 Å². The third kappa shape index (κ3) is 2.30. The number of benzene rings is 2. The molecule has 6 heteroatoms. The molecule has 0 atom stereocenters. The number of hydrogen-bond donors (Lipinski definition) is 0. The van der Waals surface area contributed by atoms with Crippen molar-refractivity contribution >= 4 is 10.9 Å². The lowest BCUT2D eigenvalue weighted by Gasteiger charge is -2.11. The van der Waals surface area contributed by atoms with Gasteiger partial charge in [-0.25, -0.2) is 0 Å². The molecule has 0 aliphatic rings. The van der Waals surface area contributed by atoms with Gasteiger partial charge in [0.25, 0.3) is 0 Å². The topological polar surface area (TPSA) is 69.9 Å². The normalized spacial score (nSPS) is 11.3. The van der Waals surface area contributed by atoms with Crippen LogP contribution < -0.4 is 0 Å². The molecule has 0 saturated heterocycles. The molecule has 0 saturated carbocycles. The molecule has 0 radical (unpaired) electrons. The van der Waals surface area contributed by atoms with Crippen molar-refractivity contribution in [2.24, 2.45) is 0 Å². The standard InChI is InChI=1S/C21H16N4O2/c1-13-18(14(2)27-23-13)20-19(21-22-12-26-24-21)16-10-6-7-11-17(16)25(20)15-8-4-3-5-9-15/h3-12H,1-2H3. The van der Waals surface area contributed by atoms with Crippen LogP contribution >= 0.6 is 0 Å². The van der Waals surface area contributed by atoms with Crippen LogP contribution in [0.3, 0.4) is 0 Å². The first-order valence-corrected chi connectivity index (χ1v) is 8.64. The molecule has 0 fully saturated rings. The Hall–Kier alpha value is -3.67. The van der Waals surface area contributed by atoms with E-state index in [1.54, 1.807) is 0 Å². The molecule has 0 unspecified atom stereocenters. The summed E-state index contributed by atoms with van der Waals surface area (Å²) in [6.07, 6.45) is 1.35.